The molecule has 0 spiro atoms. The van der Waals surface area contributed by atoms with Gasteiger partial charge in [-0.05, 0) is 12.8 Å². The first-order valence-corrected chi connectivity index (χ1v) is 13.1. The second-order valence-electron chi connectivity index (χ2n) is 8.15. The molecule has 0 aliphatic carbocycles. The van der Waals surface area contributed by atoms with Gasteiger partial charge in [-0.25, -0.2) is 0 Å². The van der Waals surface area contributed by atoms with Crippen LogP contribution in [0, 0.1) is 0 Å². The van der Waals surface area contributed by atoms with Gasteiger partial charge in [0, 0.05) is 0 Å². The Morgan fingerprint density at radius 1 is 0.593 bits per heavy atom. The van der Waals surface area contributed by atoms with Gasteiger partial charge in [-0.1, -0.05) is 117 Å². The van der Waals surface area contributed by atoms with Crippen LogP contribution in [-0.4, -0.2) is 29.4 Å². The molecule has 0 aliphatic heterocycles. The molecule has 5 heteroatoms. The summed E-state index contributed by atoms with van der Waals surface area (Å²) < 4.78 is 32.8. The van der Waals surface area contributed by atoms with Crippen LogP contribution in [-0.2, 0) is 10.1 Å². The van der Waals surface area contributed by atoms with Crippen molar-refractivity contribution < 1.29 is 18.1 Å². The highest BCUT2D eigenvalue weighted by molar-refractivity contribution is 7.86. The number of aliphatic hydroxyl groups is 1. The molecular formula is C22H46O4S. The van der Waals surface area contributed by atoms with E-state index >= 15 is 0 Å². The quantitative estimate of drug-likeness (QED) is 0.175. The molecule has 0 bridgehead atoms. The van der Waals surface area contributed by atoms with Crippen molar-refractivity contribution in [3.8, 4) is 0 Å². The molecule has 0 aromatic carbocycles. The van der Waals surface area contributed by atoms with Gasteiger partial charge < -0.3 is 5.11 Å². The Balaban J connectivity index is 3.91. The van der Waals surface area contributed by atoms with Crippen LogP contribution in [0.4, 0.5) is 0 Å². The number of hydrogen-bond acceptors (Lipinski definition) is 3. The highest BCUT2D eigenvalue weighted by atomic mass is 32.2. The number of rotatable bonds is 20. The molecule has 0 saturated carbocycles. The summed E-state index contributed by atoms with van der Waals surface area (Å²) in [6, 6.07) is 0. The van der Waals surface area contributed by atoms with Crippen molar-refractivity contribution in [3.63, 3.8) is 0 Å². The third-order valence-corrected chi connectivity index (χ3v) is 6.82. The maximum atomic E-state index is 11.6. The molecule has 4 nitrogen and oxygen atoms in total. The van der Waals surface area contributed by atoms with Crippen LogP contribution in [0.3, 0.4) is 0 Å². The summed E-state index contributed by atoms with van der Waals surface area (Å²) in [7, 11) is -4.18. The Bertz CT molecular complexity index is 409. The molecule has 0 amide bonds. The average Bonchev–Trinajstić information content (AvgIpc) is 2.61. The Hall–Kier alpha value is -0.130. The maximum absolute atomic E-state index is 11.6. The van der Waals surface area contributed by atoms with Gasteiger partial charge in [0.2, 0.25) is 0 Å². The molecule has 0 aromatic rings. The van der Waals surface area contributed by atoms with Crippen molar-refractivity contribution in [2.45, 2.75) is 141 Å². The minimum Gasteiger partial charge on any atom is -0.392 e. The van der Waals surface area contributed by atoms with Crippen molar-refractivity contribution in [2.24, 2.45) is 0 Å². The highest BCUT2D eigenvalue weighted by Gasteiger charge is 2.29. The maximum Gasteiger partial charge on any atom is 0.270 e. The summed E-state index contributed by atoms with van der Waals surface area (Å²) in [6.45, 7) is 4.41. The zero-order chi connectivity index (χ0) is 20.4. The van der Waals surface area contributed by atoms with E-state index in [9.17, 15) is 18.1 Å². The Kier molecular flexibility index (Phi) is 17.8. The lowest BCUT2D eigenvalue weighted by atomic mass is 10.0. The van der Waals surface area contributed by atoms with E-state index in [1.54, 1.807) is 0 Å². The third kappa shape index (κ3) is 16.5. The van der Waals surface area contributed by atoms with E-state index in [0.717, 1.165) is 38.5 Å². The van der Waals surface area contributed by atoms with E-state index in [-0.39, 0.29) is 0 Å². The zero-order valence-corrected chi connectivity index (χ0v) is 18.8. The van der Waals surface area contributed by atoms with Gasteiger partial charge in [-0.2, -0.15) is 8.42 Å². The van der Waals surface area contributed by atoms with Crippen molar-refractivity contribution in [3.05, 3.63) is 0 Å². The molecule has 2 unspecified atom stereocenters. The molecule has 0 radical (unpaired) electrons. The van der Waals surface area contributed by atoms with Crippen LogP contribution < -0.4 is 0 Å². The average molecular weight is 407 g/mol. The highest BCUT2D eigenvalue weighted by Crippen LogP contribution is 2.20. The lowest BCUT2D eigenvalue weighted by Crippen LogP contribution is -2.33. The third-order valence-electron chi connectivity index (χ3n) is 5.51. The second kappa shape index (κ2) is 17.9. The summed E-state index contributed by atoms with van der Waals surface area (Å²) in [5.41, 5.74) is 0. The Labute approximate surface area is 169 Å². The van der Waals surface area contributed by atoms with E-state index in [2.05, 4.69) is 13.8 Å². The standard InChI is InChI=1S/C22H46O4S/c1-3-5-7-9-11-13-15-17-19-21(23)22(27(24,25)26)20-18-16-14-12-10-8-6-4-2/h21-23H,3-20H2,1-2H3,(H,24,25,26). The van der Waals surface area contributed by atoms with Gasteiger partial charge in [0.15, 0.2) is 0 Å². The molecule has 0 aliphatic rings. The minimum absolute atomic E-state index is 0.367. The Morgan fingerprint density at radius 2 is 0.926 bits per heavy atom. The largest absolute Gasteiger partial charge is 0.392 e. The molecule has 0 rings (SSSR count). The first kappa shape index (κ1) is 26.9. The van der Waals surface area contributed by atoms with Crippen LogP contribution in [0.25, 0.3) is 0 Å². The zero-order valence-electron chi connectivity index (χ0n) is 18.0. The molecular weight excluding hydrogens is 360 g/mol. The second-order valence-corrected chi connectivity index (χ2v) is 9.78. The predicted octanol–water partition coefficient (Wildman–Crippen LogP) is 6.67. The van der Waals surface area contributed by atoms with Crippen LogP contribution in [0.15, 0.2) is 0 Å². The summed E-state index contributed by atoms with van der Waals surface area (Å²) in [4.78, 5) is 0. The lowest BCUT2D eigenvalue weighted by molar-refractivity contribution is 0.146. The topological polar surface area (TPSA) is 74.6 Å². The summed E-state index contributed by atoms with van der Waals surface area (Å²) in [5, 5.41) is 9.27. The fraction of sp³-hybridized carbons (Fsp3) is 1.00. The van der Waals surface area contributed by atoms with E-state index in [1.807, 2.05) is 0 Å². The molecule has 2 atom stereocenters. The molecule has 27 heavy (non-hydrogen) atoms. The van der Waals surface area contributed by atoms with E-state index in [4.69, 9.17) is 0 Å². The van der Waals surface area contributed by atoms with Gasteiger partial charge in [0.25, 0.3) is 10.1 Å². The minimum atomic E-state index is -4.18. The summed E-state index contributed by atoms with van der Waals surface area (Å²) >= 11 is 0. The van der Waals surface area contributed by atoms with Gasteiger partial charge in [0.1, 0.15) is 5.25 Å². The fourth-order valence-electron chi connectivity index (χ4n) is 3.69. The molecule has 0 aromatic heterocycles. The molecule has 0 fully saturated rings. The monoisotopic (exact) mass is 406 g/mol. The lowest BCUT2D eigenvalue weighted by Gasteiger charge is -2.20. The van der Waals surface area contributed by atoms with Crippen molar-refractivity contribution in [1.82, 2.24) is 0 Å². The first-order valence-electron chi connectivity index (χ1n) is 11.6. The van der Waals surface area contributed by atoms with Gasteiger partial charge in [0.05, 0.1) is 6.10 Å². The van der Waals surface area contributed by atoms with Gasteiger partial charge in [-0.15, -0.1) is 0 Å². The van der Waals surface area contributed by atoms with Crippen LogP contribution in [0.1, 0.15) is 129 Å². The molecule has 0 saturated heterocycles. The van der Waals surface area contributed by atoms with E-state index < -0.39 is 21.5 Å². The van der Waals surface area contributed by atoms with Crippen LogP contribution in [0.2, 0.25) is 0 Å². The SMILES string of the molecule is CCCCCCCCCCC(O)C(CCCCCCCCCC)S(=O)(=O)O. The molecule has 2 N–H and O–H groups in total. The normalized spacial score (nSPS) is 14.4. The van der Waals surface area contributed by atoms with Crippen LogP contribution in [0.5, 0.6) is 0 Å². The summed E-state index contributed by atoms with van der Waals surface area (Å²) in [5.74, 6) is 0. The number of unbranched alkanes of at least 4 members (excludes halogenated alkanes) is 14. The molecule has 0 heterocycles. The fourth-order valence-corrected chi connectivity index (χ4v) is 4.69. The predicted molar refractivity (Wildman–Crippen MR) is 116 cm³/mol. The smallest absolute Gasteiger partial charge is 0.270 e. The Morgan fingerprint density at radius 3 is 1.30 bits per heavy atom. The van der Waals surface area contributed by atoms with Crippen LogP contribution >= 0.6 is 0 Å². The number of aliphatic hydroxyl groups excluding tert-OH is 1. The van der Waals surface area contributed by atoms with Gasteiger partial charge >= 0.3 is 0 Å². The van der Waals surface area contributed by atoms with E-state index in [1.165, 1.54) is 64.2 Å². The van der Waals surface area contributed by atoms with Gasteiger partial charge in [-0.3, -0.25) is 4.55 Å². The van der Waals surface area contributed by atoms with E-state index in [0.29, 0.717) is 12.8 Å². The van der Waals surface area contributed by atoms with Crippen molar-refractivity contribution in [1.29, 1.82) is 0 Å². The number of hydrogen-bond donors (Lipinski definition) is 2. The first-order chi connectivity index (χ1) is 12.9. The van der Waals surface area contributed by atoms with Crippen molar-refractivity contribution in [2.75, 3.05) is 0 Å². The molecule has 164 valence electrons. The summed E-state index contributed by atoms with van der Waals surface area (Å²) in [6.07, 6.45) is 18.3. The van der Waals surface area contributed by atoms with Crippen molar-refractivity contribution >= 4 is 10.1 Å².